The highest BCUT2D eigenvalue weighted by atomic mass is 19.2. The Labute approximate surface area is 222 Å². The number of carbonyl (C=O) groups is 1. The van der Waals surface area contributed by atoms with E-state index < -0.39 is 11.6 Å². The number of hydrogen-bond donors (Lipinski definition) is 0. The summed E-state index contributed by atoms with van der Waals surface area (Å²) in [5, 5.41) is 0.791. The summed E-state index contributed by atoms with van der Waals surface area (Å²) in [6.07, 6.45) is 6.45. The molecule has 1 aliphatic rings. The average Bonchev–Trinajstić information content (AvgIpc) is 2.93. The van der Waals surface area contributed by atoms with Crippen molar-refractivity contribution in [3.05, 3.63) is 95.1 Å². The molecule has 0 unspecified atom stereocenters. The van der Waals surface area contributed by atoms with Gasteiger partial charge in [0, 0.05) is 29.0 Å². The summed E-state index contributed by atoms with van der Waals surface area (Å²) in [6, 6.07) is 19.6. The van der Waals surface area contributed by atoms with Crippen molar-refractivity contribution >= 4 is 16.7 Å². The lowest BCUT2D eigenvalue weighted by molar-refractivity contribution is 0.0983. The molecule has 0 aliphatic heterocycles. The van der Waals surface area contributed by atoms with Crippen LogP contribution in [0.5, 0.6) is 5.75 Å². The van der Waals surface area contributed by atoms with Gasteiger partial charge in [0.15, 0.2) is 17.4 Å². The first-order chi connectivity index (χ1) is 18.4. The first kappa shape index (κ1) is 26.0. The molecule has 0 spiro atoms. The zero-order chi connectivity index (χ0) is 26.6. The number of ether oxygens (including phenoxy) is 1. The number of nitrogens with zero attached hydrogens (tertiary/aromatic N) is 1. The Morgan fingerprint density at radius 3 is 2.42 bits per heavy atom. The monoisotopic (exact) mass is 513 g/mol. The normalized spacial score (nSPS) is 14.2. The SMILES string of the molecule is CC(C)c1c(-c2ccccc2)nc2cc(OC3CCCCC3)ccc2c1C(=O)CCc1ccc(F)c(F)c1. The van der Waals surface area contributed by atoms with Gasteiger partial charge in [-0.2, -0.15) is 0 Å². The molecule has 0 amide bonds. The Morgan fingerprint density at radius 2 is 1.71 bits per heavy atom. The third kappa shape index (κ3) is 5.62. The summed E-state index contributed by atoms with van der Waals surface area (Å²) < 4.78 is 33.5. The molecule has 1 heterocycles. The molecule has 0 radical (unpaired) electrons. The highest BCUT2D eigenvalue weighted by molar-refractivity contribution is 6.10. The number of halogens is 2. The van der Waals surface area contributed by atoms with Crippen LogP contribution in [0.2, 0.25) is 0 Å². The van der Waals surface area contributed by atoms with Gasteiger partial charge in [-0.15, -0.1) is 0 Å². The van der Waals surface area contributed by atoms with Crippen LogP contribution in [0.4, 0.5) is 8.78 Å². The van der Waals surface area contributed by atoms with Gasteiger partial charge in [-0.25, -0.2) is 13.8 Å². The fourth-order valence-corrected chi connectivity index (χ4v) is 5.46. The van der Waals surface area contributed by atoms with Crippen molar-refractivity contribution in [2.75, 3.05) is 0 Å². The lowest BCUT2D eigenvalue weighted by atomic mass is 9.86. The van der Waals surface area contributed by atoms with Crippen molar-refractivity contribution in [1.29, 1.82) is 0 Å². The summed E-state index contributed by atoms with van der Waals surface area (Å²) >= 11 is 0. The fraction of sp³-hybridized carbons (Fsp3) is 0.333. The second-order valence-corrected chi connectivity index (χ2v) is 10.5. The molecular weight excluding hydrogens is 480 g/mol. The molecule has 0 saturated heterocycles. The second kappa shape index (κ2) is 11.4. The molecule has 38 heavy (non-hydrogen) atoms. The van der Waals surface area contributed by atoms with Crippen molar-refractivity contribution in [3.8, 4) is 17.0 Å². The minimum atomic E-state index is -0.899. The van der Waals surface area contributed by atoms with Gasteiger partial charge >= 0.3 is 0 Å². The molecule has 1 aliphatic carbocycles. The van der Waals surface area contributed by atoms with Gasteiger partial charge in [-0.05, 0) is 73.4 Å². The molecule has 1 fully saturated rings. The summed E-state index contributed by atoms with van der Waals surface area (Å²) in [4.78, 5) is 18.9. The number of carbonyl (C=O) groups excluding carboxylic acids is 1. The van der Waals surface area contributed by atoms with Crippen LogP contribution in [0.1, 0.15) is 79.8 Å². The largest absolute Gasteiger partial charge is 0.490 e. The maximum atomic E-state index is 13.9. The lowest BCUT2D eigenvalue weighted by Crippen LogP contribution is -2.19. The third-order valence-corrected chi connectivity index (χ3v) is 7.38. The summed E-state index contributed by atoms with van der Waals surface area (Å²) in [5.41, 5.74) is 4.60. The van der Waals surface area contributed by atoms with Crippen LogP contribution >= 0.6 is 0 Å². The molecule has 1 aromatic heterocycles. The Hall–Kier alpha value is -3.60. The van der Waals surface area contributed by atoms with E-state index in [-0.39, 0.29) is 24.2 Å². The van der Waals surface area contributed by atoms with Crippen LogP contribution < -0.4 is 4.74 Å². The van der Waals surface area contributed by atoms with E-state index in [4.69, 9.17) is 9.72 Å². The van der Waals surface area contributed by atoms with E-state index in [0.29, 0.717) is 17.5 Å². The van der Waals surface area contributed by atoms with Gasteiger partial charge in [-0.3, -0.25) is 4.79 Å². The number of fused-ring (bicyclic) bond motifs is 1. The van der Waals surface area contributed by atoms with Crippen molar-refractivity contribution in [2.45, 2.75) is 70.8 Å². The van der Waals surface area contributed by atoms with Gasteiger partial charge in [0.25, 0.3) is 0 Å². The molecule has 1 saturated carbocycles. The third-order valence-electron chi connectivity index (χ3n) is 7.38. The van der Waals surface area contributed by atoms with Gasteiger partial charge in [0.05, 0.1) is 17.3 Å². The molecule has 5 rings (SSSR count). The maximum absolute atomic E-state index is 13.9. The van der Waals surface area contributed by atoms with Crippen LogP contribution in [-0.4, -0.2) is 16.9 Å². The number of pyridine rings is 1. The Balaban J connectivity index is 1.58. The molecule has 3 nitrogen and oxygen atoms in total. The summed E-state index contributed by atoms with van der Waals surface area (Å²) in [7, 11) is 0. The lowest BCUT2D eigenvalue weighted by Gasteiger charge is -2.24. The zero-order valence-electron chi connectivity index (χ0n) is 22.0. The predicted molar refractivity (Wildman–Crippen MR) is 148 cm³/mol. The van der Waals surface area contributed by atoms with E-state index >= 15 is 0 Å². The highest BCUT2D eigenvalue weighted by Crippen LogP contribution is 2.37. The Morgan fingerprint density at radius 1 is 0.947 bits per heavy atom. The number of hydrogen-bond acceptors (Lipinski definition) is 3. The minimum absolute atomic E-state index is 0.0380. The van der Waals surface area contributed by atoms with Crippen LogP contribution in [-0.2, 0) is 6.42 Å². The van der Waals surface area contributed by atoms with E-state index in [1.54, 1.807) is 0 Å². The topological polar surface area (TPSA) is 39.2 Å². The molecule has 0 atom stereocenters. The van der Waals surface area contributed by atoms with Crippen molar-refractivity contribution in [3.63, 3.8) is 0 Å². The standard InChI is InChI=1S/C33H33F2NO2/c1-21(2)31-32(30(37)18-14-22-13-17-27(34)28(35)19-22)26-16-15-25(38-24-11-7-4-8-12-24)20-29(26)36-33(31)23-9-5-3-6-10-23/h3,5-6,9-10,13,15-17,19-21,24H,4,7-8,11-12,14,18H2,1-2H3. The number of benzene rings is 3. The van der Waals surface area contributed by atoms with Gasteiger partial charge in [0.2, 0.25) is 0 Å². The van der Waals surface area contributed by atoms with Crippen LogP contribution in [0, 0.1) is 11.6 Å². The molecule has 0 bridgehead atoms. The van der Waals surface area contributed by atoms with Crippen molar-refractivity contribution < 1.29 is 18.3 Å². The number of ketones is 1. The number of aromatic nitrogens is 1. The summed E-state index contributed by atoms with van der Waals surface area (Å²) in [6.45, 7) is 4.14. The molecule has 5 heteroatoms. The Kier molecular flexibility index (Phi) is 7.82. The number of rotatable bonds is 8. The fourth-order valence-electron chi connectivity index (χ4n) is 5.46. The number of Topliss-reactive ketones (excluding diaryl/α,β-unsaturated/α-hetero) is 1. The highest BCUT2D eigenvalue weighted by Gasteiger charge is 2.24. The number of aryl methyl sites for hydroxylation is 1. The van der Waals surface area contributed by atoms with Gasteiger partial charge < -0.3 is 4.74 Å². The van der Waals surface area contributed by atoms with E-state index in [2.05, 4.69) is 13.8 Å². The first-order valence-electron chi connectivity index (χ1n) is 13.6. The van der Waals surface area contributed by atoms with Crippen molar-refractivity contribution in [1.82, 2.24) is 4.98 Å². The van der Waals surface area contributed by atoms with E-state index in [0.717, 1.165) is 52.4 Å². The van der Waals surface area contributed by atoms with Crippen LogP contribution in [0.3, 0.4) is 0 Å². The van der Waals surface area contributed by atoms with Crippen LogP contribution in [0.15, 0.2) is 66.7 Å². The average molecular weight is 514 g/mol. The van der Waals surface area contributed by atoms with Crippen molar-refractivity contribution in [2.24, 2.45) is 0 Å². The van der Waals surface area contributed by atoms with Gasteiger partial charge in [0.1, 0.15) is 5.75 Å². The molecule has 196 valence electrons. The minimum Gasteiger partial charge on any atom is -0.490 e. The molecule has 0 N–H and O–H groups in total. The van der Waals surface area contributed by atoms with Gasteiger partial charge in [-0.1, -0.05) is 56.7 Å². The quantitative estimate of drug-likeness (QED) is 0.221. The first-order valence-corrected chi connectivity index (χ1v) is 13.6. The van der Waals surface area contributed by atoms with E-state index in [1.807, 2.05) is 48.5 Å². The molecule has 3 aromatic carbocycles. The van der Waals surface area contributed by atoms with E-state index in [1.165, 1.54) is 31.4 Å². The predicted octanol–water partition coefficient (Wildman–Crippen LogP) is 8.83. The second-order valence-electron chi connectivity index (χ2n) is 10.5. The van der Waals surface area contributed by atoms with E-state index in [9.17, 15) is 13.6 Å². The Bertz CT molecular complexity index is 1440. The van der Waals surface area contributed by atoms with Crippen LogP contribution in [0.25, 0.3) is 22.2 Å². The summed E-state index contributed by atoms with van der Waals surface area (Å²) in [5.74, 6) is -1.01. The zero-order valence-corrected chi connectivity index (χ0v) is 22.0. The molecule has 4 aromatic rings. The smallest absolute Gasteiger partial charge is 0.164 e. The maximum Gasteiger partial charge on any atom is 0.164 e. The molecular formula is C33H33F2NO2.